The molecule has 2 rings (SSSR count). The van der Waals surface area contributed by atoms with Gasteiger partial charge < -0.3 is 15.0 Å². The fourth-order valence-corrected chi connectivity index (χ4v) is 4.11. The first-order chi connectivity index (χ1) is 16.0. The first kappa shape index (κ1) is 27.1. The number of halogens is 1. The van der Waals surface area contributed by atoms with Gasteiger partial charge in [0, 0.05) is 12.6 Å². The van der Waals surface area contributed by atoms with Gasteiger partial charge in [0.05, 0.1) is 19.1 Å². The van der Waals surface area contributed by atoms with E-state index >= 15 is 0 Å². The van der Waals surface area contributed by atoms with Crippen molar-refractivity contribution in [3.05, 3.63) is 59.9 Å². The van der Waals surface area contributed by atoms with Crippen LogP contribution in [0.1, 0.15) is 32.8 Å². The largest absolute Gasteiger partial charge is 0.497 e. The molecule has 0 bridgehead atoms. The lowest BCUT2D eigenvalue weighted by atomic mass is 10.1. The number of methoxy groups -OCH3 is 1. The predicted octanol–water partition coefficient (Wildman–Crippen LogP) is 2.93. The molecule has 0 aliphatic carbocycles. The molecule has 0 saturated carbocycles. The Labute approximate surface area is 200 Å². The van der Waals surface area contributed by atoms with E-state index in [0.29, 0.717) is 22.0 Å². The quantitative estimate of drug-likeness (QED) is 0.519. The van der Waals surface area contributed by atoms with E-state index in [1.165, 1.54) is 30.2 Å². The molecule has 2 unspecified atom stereocenters. The minimum absolute atomic E-state index is 0.0278. The number of ether oxygens (including phenoxy) is 1. The third kappa shape index (κ3) is 7.18. The molecule has 0 saturated heterocycles. The summed E-state index contributed by atoms with van der Waals surface area (Å²) in [6.07, 6.45) is 1.61. The second-order valence-electron chi connectivity index (χ2n) is 8.09. The van der Waals surface area contributed by atoms with Crippen molar-refractivity contribution < 1.29 is 27.1 Å². The molecule has 0 fully saturated rings. The SMILES string of the molecule is CCC(C)NC(=O)C(C)N(Cc1cccc(OC)c1)C(=O)CN(c1ccccc1F)S(C)(=O)=O. The molecule has 0 aromatic heterocycles. The normalized spacial score (nSPS) is 13.0. The maximum Gasteiger partial charge on any atom is 0.244 e. The zero-order valence-electron chi connectivity index (χ0n) is 20.1. The number of carbonyl (C=O) groups excluding carboxylic acids is 2. The van der Waals surface area contributed by atoms with E-state index in [-0.39, 0.29) is 24.2 Å². The van der Waals surface area contributed by atoms with E-state index in [1.54, 1.807) is 31.2 Å². The fraction of sp³-hybridized carbons (Fsp3) is 0.417. The number of sulfonamides is 1. The molecule has 0 aliphatic rings. The predicted molar refractivity (Wildman–Crippen MR) is 129 cm³/mol. The summed E-state index contributed by atoms with van der Waals surface area (Å²) in [5.74, 6) is -1.22. The van der Waals surface area contributed by atoms with Gasteiger partial charge in [-0.25, -0.2) is 12.8 Å². The Morgan fingerprint density at radius 1 is 1.12 bits per heavy atom. The van der Waals surface area contributed by atoms with Crippen molar-refractivity contribution in [1.29, 1.82) is 0 Å². The molecule has 0 aliphatic heterocycles. The van der Waals surface area contributed by atoms with Crippen LogP contribution in [0.3, 0.4) is 0 Å². The summed E-state index contributed by atoms with van der Waals surface area (Å²) < 4.78 is 45.3. The number of amides is 2. The molecule has 0 spiro atoms. The van der Waals surface area contributed by atoms with E-state index in [1.807, 2.05) is 13.8 Å². The summed E-state index contributed by atoms with van der Waals surface area (Å²) >= 11 is 0. The van der Waals surface area contributed by atoms with Crippen molar-refractivity contribution in [3.8, 4) is 5.75 Å². The molecule has 2 amide bonds. The number of benzene rings is 2. The Balaban J connectivity index is 2.41. The van der Waals surface area contributed by atoms with Gasteiger partial charge in [0.1, 0.15) is 24.2 Å². The van der Waals surface area contributed by atoms with Crippen LogP contribution in [-0.4, -0.2) is 57.1 Å². The summed E-state index contributed by atoms with van der Waals surface area (Å²) in [6, 6.07) is 11.3. The van der Waals surface area contributed by atoms with Gasteiger partial charge in [0.25, 0.3) is 0 Å². The van der Waals surface area contributed by atoms with E-state index in [2.05, 4.69) is 5.32 Å². The highest BCUT2D eigenvalue weighted by molar-refractivity contribution is 7.92. The molecule has 2 aromatic rings. The first-order valence-electron chi connectivity index (χ1n) is 10.9. The van der Waals surface area contributed by atoms with Crippen LogP contribution in [0.15, 0.2) is 48.5 Å². The van der Waals surface area contributed by atoms with Crippen molar-refractivity contribution in [3.63, 3.8) is 0 Å². The van der Waals surface area contributed by atoms with Crippen LogP contribution >= 0.6 is 0 Å². The topological polar surface area (TPSA) is 96.0 Å². The average molecular weight is 494 g/mol. The summed E-state index contributed by atoms with van der Waals surface area (Å²) in [5, 5.41) is 2.85. The molecule has 34 heavy (non-hydrogen) atoms. The molecule has 186 valence electrons. The van der Waals surface area contributed by atoms with Gasteiger partial charge >= 0.3 is 0 Å². The number of carbonyl (C=O) groups is 2. The van der Waals surface area contributed by atoms with Crippen LogP contribution < -0.4 is 14.4 Å². The number of hydrogen-bond acceptors (Lipinski definition) is 5. The molecule has 1 N–H and O–H groups in total. The molecule has 8 nitrogen and oxygen atoms in total. The van der Waals surface area contributed by atoms with Crippen LogP contribution in [0.4, 0.5) is 10.1 Å². The van der Waals surface area contributed by atoms with Crippen molar-refractivity contribution in [2.75, 3.05) is 24.2 Å². The summed E-state index contributed by atoms with van der Waals surface area (Å²) in [6.45, 7) is 4.71. The molecule has 0 radical (unpaired) electrons. The molecular formula is C24H32FN3O5S. The Morgan fingerprint density at radius 3 is 2.38 bits per heavy atom. The van der Waals surface area contributed by atoms with Crippen LogP contribution in [0, 0.1) is 5.82 Å². The van der Waals surface area contributed by atoms with Crippen molar-refractivity contribution in [1.82, 2.24) is 10.2 Å². The lowest BCUT2D eigenvalue weighted by Gasteiger charge is -2.32. The van der Waals surface area contributed by atoms with E-state index < -0.39 is 34.3 Å². The summed E-state index contributed by atoms with van der Waals surface area (Å²) in [5.41, 5.74) is 0.448. The number of hydrogen-bond donors (Lipinski definition) is 1. The minimum Gasteiger partial charge on any atom is -0.497 e. The van der Waals surface area contributed by atoms with Crippen molar-refractivity contribution >= 4 is 27.5 Å². The molecule has 0 heterocycles. The Bertz CT molecular complexity index is 1110. The van der Waals surface area contributed by atoms with Gasteiger partial charge in [0.15, 0.2) is 0 Å². The lowest BCUT2D eigenvalue weighted by molar-refractivity contribution is -0.139. The van der Waals surface area contributed by atoms with Gasteiger partial charge in [-0.05, 0) is 50.1 Å². The Morgan fingerprint density at radius 2 is 1.79 bits per heavy atom. The standard InChI is InChI=1S/C24H32FN3O5S/c1-6-17(2)26-24(30)18(3)27(15-19-10-9-11-20(14-19)33-4)23(29)16-28(34(5,31)32)22-13-8-7-12-21(22)25/h7-14,17-18H,6,15-16H2,1-5H3,(H,26,30). The zero-order valence-corrected chi connectivity index (χ0v) is 20.9. The molecule has 2 aromatic carbocycles. The number of anilines is 1. The van der Waals surface area contributed by atoms with Crippen LogP contribution in [0.25, 0.3) is 0 Å². The van der Waals surface area contributed by atoms with E-state index in [4.69, 9.17) is 4.74 Å². The Hall–Kier alpha value is -3.14. The number of nitrogens with one attached hydrogen (secondary N) is 1. The van der Waals surface area contributed by atoms with Gasteiger partial charge in [-0.2, -0.15) is 0 Å². The highest BCUT2D eigenvalue weighted by Crippen LogP contribution is 2.22. The molecule has 2 atom stereocenters. The third-order valence-corrected chi connectivity index (χ3v) is 6.58. The van der Waals surface area contributed by atoms with Crippen LogP contribution in [-0.2, 0) is 26.2 Å². The van der Waals surface area contributed by atoms with Gasteiger partial charge in [0.2, 0.25) is 21.8 Å². The van der Waals surface area contributed by atoms with Crippen molar-refractivity contribution in [2.24, 2.45) is 0 Å². The monoisotopic (exact) mass is 493 g/mol. The Kier molecular flexibility index (Phi) is 9.43. The zero-order chi connectivity index (χ0) is 25.5. The van der Waals surface area contributed by atoms with E-state index in [0.717, 1.165) is 12.3 Å². The third-order valence-electron chi connectivity index (χ3n) is 5.46. The first-order valence-corrected chi connectivity index (χ1v) is 12.8. The molecule has 10 heteroatoms. The summed E-state index contributed by atoms with van der Waals surface area (Å²) in [7, 11) is -2.48. The number of para-hydroxylation sites is 1. The second-order valence-corrected chi connectivity index (χ2v) is 9.99. The summed E-state index contributed by atoms with van der Waals surface area (Å²) in [4.78, 5) is 27.6. The maximum absolute atomic E-state index is 14.4. The number of nitrogens with zero attached hydrogens (tertiary/aromatic N) is 2. The van der Waals surface area contributed by atoms with Crippen LogP contribution in [0.5, 0.6) is 5.75 Å². The highest BCUT2D eigenvalue weighted by Gasteiger charge is 2.31. The van der Waals surface area contributed by atoms with Crippen molar-refractivity contribution in [2.45, 2.75) is 45.8 Å². The molecular weight excluding hydrogens is 461 g/mol. The van der Waals surface area contributed by atoms with Gasteiger partial charge in [-0.15, -0.1) is 0 Å². The van der Waals surface area contributed by atoms with Gasteiger partial charge in [-0.1, -0.05) is 31.2 Å². The second kappa shape index (κ2) is 11.8. The fourth-order valence-electron chi connectivity index (χ4n) is 3.26. The highest BCUT2D eigenvalue weighted by atomic mass is 32.2. The number of rotatable bonds is 11. The lowest BCUT2D eigenvalue weighted by Crippen LogP contribution is -2.52. The maximum atomic E-state index is 14.4. The van der Waals surface area contributed by atoms with Crippen LogP contribution in [0.2, 0.25) is 0 Å². The van der Waals surface area contributed by atoms with E-state index in [9.17, 15) is 22.4 Å². The average Bonchev–Trinajstić information content (AvgIpc) is 2.80. The van der Waals surface area contributed by atoms with Gasteiger partial charge in [-0.3, -0.25) is 13.9 Å². The minimum atomic E-state index is -4.00. The smallest absolute Gasteiger partial charge is 0.244 e.